The first-order valence-corrected chi connectivity index (χ1v) is 7.49. The fourth-order valence-corrected chi connectivity index (χ4v) is 3.17. The summed E-state index contributed by atoms with van der Waals surface area (Å²) >= 11 is 6.08. The molecule has 0 fully saturated rings. The van der Waals surface area contributed by atoms with Gasteiger partial charge in [-0.3, -0.25) is 0 Å². The van der Waals surface area contributed by atoms with Crippen molar-refractivity contribution < 1.29 is 5.11 Å². The quantitative estimate of drug-likeness (QED) is 0.899. The van der Waals surface area contributed by atoms with Crippen LogP contribution in [0.25, 0.3) is 0 Å². The summed E-state index contributed by atoms with van der Waals surface area (Å²) in [5.74, 6) is 0.369. The van der Waals surface area contributed by atoms with Crippen molar-refractivity contribution in [2.24, 2.45) is 0 Å². The van der Waals surface area contributed by atoms with Gasteiger partial charge in [0.1, 0.15) is 5.75 Å². The van der Waals surface area contributed by atoms with Gasteiger partial charge in [0.15, 0.2) is 0 Å². The molecule has 0 saturated carbocycles. The van der Waals surface area contributed by atoms with Crippen LogP contribution in [0.1, 0.15) is 22.6 Å². The fourth-order valence-electron chi connectivity index (χ4n) is 2.98. The summed E-state index contributed by atoms with van der Waals surface area (Å²) in [5.41, 5.74) is 3.61. The smallest absolute Gasteiger partial charge is 0.134 e. The summed E-state index contributed by atoms with van der Waals surface area (Å²) < 4.78 is 0. The molecule has 0 amide bonds. The van der Waals surface area contributed by atoms with Crippen molar-refractivity contribution >= 4 is 11.6 Å². The summed E-state index contributed by atoms with van der Waals surface area (Å²) in [7, 11) is 0. The summed E-state index contributed by atoms with van der Waals surface area (Å²) in [5, 5.41) is 10.4. The Balaban J connectivity index is 2.12. The third kappa shape index (κ3) is 2.77. The molecule has 1 heterocycles. The Morgan fingerprint density at radius 3 is 2.71 bits per heavy atom. The van der Waals surface area contributed by atoms with E-state index < -0.39 is 0 Å². The van der Waals surface area contributed by atoms with Crippen LogP contribution < -0.4 is 0 Å². The molecule has 2 nitrogen and oxygen atoms in total. The zero-order valence-corrected chi connectivity index (χ0v) is 12.6. The van der Waals surface area contributed by atoms with E-state index in [0.29, 0.717) is 5.02 Å². The number of phenolic OH excluding ortho intramolecular Hbond substituents is 1. The van der Waals surface area contributed by atoms with Crippen LogP contribution in [-0.4, -0.2) is 23.1 Å². The van der Waals surface area contributed by atoms with Gasteiger partial charge in [-0.15, -0.1) is 0 Å². The van der Waals surface area contributed by atoms with Gasteiger partial charge in [0, 0.05) is 19.0 Å². The van der Waals surface area contributed by atoms with Crippen LogP contribution in [0.2, 0.25) is 5.02 Å². The summed E-state index contributed by atoms with van der Waals surface area (Å²) in [6, 6.07) is 14.1. The third-order valence-corrected chi connectivity index (χ3v) is 4.43. The Hall–Kier alpha value is -1.93. The number of phenols is 1. The van der Waals surface area contributed by atoms with E-state index in [4.69, 9.17) is 11.6 Å². The van der Waals surface area contributed by atoms with Crippen LogP contribution in [0, 0.1) is 0 Å². The van der Waals surface area contributed by atoms with Crippen molar-refractivity contribution in [3.63, 3.8) is 0 Å². The molecule has 108 valence electrons. The minimum atomic E-state index is 0.156. The molecule has 3 rings (SSSR count). The van der Waals surface area contributed by atoms with Gasteiger partial charge in [0.25, 0.3) is 0 Å². The number of aromatic hydroxyl groups is 1. The predicted molar refractivity (Wildman–Crippen MR) is 86.9 cm³/mol. The highest BCUT2D eigenvalue weighted by Gasteiger charge is 2.24. The maximum absolute atomic E-state index is 9.99. The maximum Gasteiger partial charge on any atom is 0.134 e. The number of fused-ring (bicyclic) bond motifs is 1. The number of hydrogen-bond acceptors (Lipinski definition) is 2. The molecule has 0 spiro atoms. The average molecular weight is 300 g/mol. The molecule has 21 heavy (non-hydrogen) atoms. The second-order valence-electron chi connectivity index (χ2n) is 5.39. The second kappa shape index (κ2) is 5.82. The van der Waals surface area contributed by atoms with Crippen LogP contribution in [0.4, 0.5) is 0 Å². The lowest BCUT2D eigenvalue weighted by Gasteiger charge is -2.24. The molecular formula is C18H18ClNO. The summed E-state index contributed by atoms with van der Waals surface area (Å²) in [6.45, 7) is 5.68. The summed E-state index contributed by atoms with van der Waals surface area (Å²) in [4.78, 5) is 2.22. The topological polar surface area (TPSA) is 23.5 Å². The summed E-state index contributed by atoms with van der Waals surface area (Å²) in [6.07, 6.45) is 2.80. The van der Waals surface area contributed by atoms with Crippen LogP contribution >= 0.6 is 11.6 Å². The van der Waals surface area contributed by atoms with Crippen molar-refractivity contribution in [2.75, 3.05) is 13.1 Å². The number of halogens is 1. The van der Waals surface area contributed by atoms with E-state index in [2.05, 4.69) is 23.6 Å². The molecule has 0 aliphatic carbocycles. The Morgan fingerprint density at radius 1 is 1.24 bits per heavy atom. The molecule has 2 aromatic carbocycles. The van der Waals surface area contributed by atoms with Crippen LogP contribution in [0.5, 0.6) is 5.75 Å². The third-order valence-electron chi connectivity index (χ3n) is 4.13. The largest absolute Gasteiger partial charge is 0.506 e. The van der Waals surface area contributed by atoms with Crippen LogP contribution in [-0.2, 0) is 6.42 Å². The normalized spacial score (nSPS) is 18.0. The molecule has 0 radical (unpaired) electrons. The monoisotopic (exact) mass is 299 g/mol. The standard InChI is InChI=1S/C18H18ClNO/c1-2-20-9-8-14-10-17(19)18(21)11-15(14)16(12-20)13-6-4-3-5-7-13/h2-7,10-11,16,21H,1,8-9,12H2. The van der Waals surface area contributed by atoms with E-state index in [-0.39, 0.29) is 11.7 Å². The molecule has 1 unspecified atom stereocenters. The van der Waals surface area contributed by atoms with Crippen LogP contribution in [0.3, 0.4) is 0 Å². The van der Waals surface area contributed by atoms with Gasteiger partial charge in [-0.25, -0.2) is 0 Å². The van der Waals surface area contributed by atoms with Crippen molar-refractivity contribution in [3.05, 3.63) is 77.0 Å². The van der Waals surface area contributed by atoms with E-state index in [1.165, 1.54) is 11.1 Å². The van der Waals surface area contributed by atoms with E-state index in [9.17, 15) is 5.11 Å². The Labute approximate surface area is 130 Å². The molecule has 0 saturated heterocycles. The van der Waals surface area contributed by atoms with Gasteiger partial charge in [-0.1, -0.05) is 48.5 Å². The van der Waals surface area contributed by atoms with Gasteiger partial charge >= 0.3 is 0 Å². The first kappa shape index (κ1) is 14.0. The SMILES string of the molecule is C=CN1CCc2cc(Cl)c(O)cc2C(c2ccccc2)C1. The zero-order chi connectivity index (χ0) is 14.8. The van der Waals surface area contributed by atoms with Crippen molar-refractivity contribution in [1.82, 2.24) is 4.90 Å². The number of nitrogens with zero attached hydrogens (tertiary/aromatic N) is 1. The molecule has 1 atom stereocenters. The van der Waals surface area contributed by atoms with Gasteiger partial charge in [-0.05, 0) is 41.4 Å². The predicted octanol–water partition coefficient (Wildman–Crippen LogP) is 4.18. The average Bonchev–Trinajstić information content (AvgIpc) is 2.68. The molecular weight excluding hydrogens is 282 g/mol. The fraction of sp³-hybridized carbons (Fsp3) is 0.222. The maximum atomic E-state index is 9.99. The highest BCUT2D eigenvalue weighted by molar-refractivity contribution is 6.32. The lowest BCUT2D eigenvalue weighted by molar-refractivity contribution is 0.379. The Morgan fingerprint density at radius 2 is 2.00 bits per heavy atom. The zero-order valence-electron chi connectivity index (χ0n) is 11.8. The Kier molecular flexibility index (Phi) is 3.89. The highest BCUT2D eigenvalue weighted by Crippen LogP contribution is 2.36. The number of hydrogen-bond donors (Lipinski definition) is 1. The van der Waals surface area contributed by atoms with E-state index in [0.717, 1.165) is 25.1 Å². The highest BCUT2D eigenvalue weighted by atomic mass is 35.5. The number of rotatable bonds is 2. The van der Waals surface area contributed by atoms with Crippen LogP contribution in [0.15, 0.2) is 55.2 Å². The molecule has 3 heteroatoms. The van der Waals surface area contributed by atoms with Crippen molar-refractivity contribution in [3.8, 4) is 5.75 Å². The van der Waals surface area contributed by atoms with Gasteiger partial charge < -0.3 is 10.0 Å². The van der Waals surface area contributed by atoms with Crippen molar-refractivity contribution in [1.29, 1.82) is 0 Å². The second-order valence-corrected chi connectivity index (χ2v) is 5.80. The first-order valence-electron chi connectivity index (χ1n) is 7.12. The molecule has 1 aliphatic heterocycles. The molecule has 2 aromatic rings. The van der Waals surface area contributed by atoms with Gasteiger partial charge in [0.2, 0.25) is 0 Å². The molecule has 0 aromatic heterocycles. The molecule has 1 N–H and O–H groups in total. The van der Waals surface area contributed by atoms with Gasteiger partial charge in [0.05, 0.1) is 5.02 Å². The van der Waals surface area contributed by atoms with E-state index in [1.807, 2.05) is 36.5 Å². The van der Waals surface area contributed by atoms with E-state index >= 15 is 0 Å². The molecule has 0 bridgehead atoms. The lowest BCUT2D eigenvalue weighted by Crippen LogP contribution is -2.23. The lowest BCUT2D eigenvalue weighted by atomic mass is 9.88. The first-order chi connectivity index (χ1) is 10.2. The minimum absolute atomic E-state index is 0.156. The van der Waals surface area contributed by atoms with Crippen molar-refractivity contribution in [2.45, 2.75) is 12.3 Å². The molecule has 1 aliphatic rings. The minimum Gasteiger partial charge on any atom is -0.506 e. The Bertz CT molecular complexity index is 654. The van der Waals surface area contributed by atoms with E-state index in [1.54, 1.807) is 0 Å². The number of benzene rings is 2. The van der Waals surface area contributed by atoms with Gasteiger partial charge in [-0.2, -0.15) is 0 Å².